The molecular weight excluding hydrogens is 160 g/mol. The molecule has 0 spiro atoms. The molecule has 0 saturated carbocycles. The Bertz CT molecular complexity index is 205. The van der Waals surface area contributed by atoms with Gasteiger partial charge in [0.15, 0.2) is 0 Å². The van der Waals surface area contributed by atoms with E-state index in [1.54, 1.807) is 0 Å². The fraction of sp³-hybridized carbons (Fsp3) is 0.714. The van der Waals surface area contributed by atoms with Crippen LogP contribution in [0.25, 0.3) is 0 Å². The molecule has 0 bridgehead atoms. The largest absolute Gasteiger partial charge is 0.396 e. The van der Waals surface area contributed by atoms with Gasteiger partial charge in [-0.1, -0.05) is 0 Å². The number of hydrogen-bond acceptors (Lipinski definition) is 3. The van der Waals surface area contributed by atoms with Gasteiger partial charge in [-0.2, -0.15) is 0 Å². The Kier molecular flexibility index (Phi) is 2.65. The first kappa shape index (κ1) is 8.99. The minimum atomic E-state index is -0.615. The molecular formula is C7H12N2O3. The summed E-state index contributed by atoms with van der Waals surface area (Å²) in [5.41, 5.74) is 5.05. The van der Waals surface area contributed by atoms with Crippen molar-refractivity contribution in [3.63, 3.8) is 0 Å². The molecule has 1 aliphatic heterocycles. The van der Waals surface area contributed by atoms with Crippen molar-refractivity contribution in [1.82, 2.24) is 4.90 Å². The average Bonchev–Trinajstić information content (AvgIpc) is 2.01. The van der Waals surface area contributed by atoms with Gasteiger partial charge in [0.2, 0.25) is 11.8 Å². The van der Waals surface area contributed by atoms with Crippen LogP contribution in [-0.4, -0.2) is 41.0 Å². The van der Waals surface area contributed by atoms with E-state index in [9.17, 15) is 9.59 Å². The highest BCUT2D eigenvalue weighted by Gasteiger charge is 2.33. The van der Waals surface area contributed by atoms with Gasteiger partial charge in [-0.3, -0.25) is 9.59 Å². The van der Waals surface area contributed by atoms with E-state index in [-0.39, 0.29) is 18.9 Å². The summed E-state index contributed by atoms with van der Waals surface area (Å²) >= 11 is 0. The summed E-state index contributed by atoms with van der Waals surface area (Å²) in [6.45, 7) is 0.448. The van der Waals surface area contributed by atoms with Crippen LogP contribution in [0.15, 0.2) is 0 Å². The van der Waals surface area contributed by atoms with Crippen LogP contribution in [0, 0.1) is 0 Å². The van der Waals surface area contributed by atoms with Crippen molar-refractivity contribution in [2.75, 3.05) is 13.2 Å². The normalized spacial score (nSPS) is 18.8. The van der Waals surface area contributed by atoms with Crippen LogP contribution in [0.4, 0.5) is 0 Å². The summed E-state index contributed by atoms with van der Waals surface area (Å²) in [4.78, 5) is 23.1. The van der Waals surface area contributed by atoms with E-state index < -0.39 is 11.9 Å². The van der Waals surface area contributed by atoms with Crippen molar-refractivity contribution in [3.05, 3.63) is 0 Å². The van der Waals surface area contributed by atoms with E-state index in [1.165, 1.54) is 4.90 Å². The first-order chi connectivity index (χ1) is 5.66. The Hall–Kier alpha value is -1.10. The number of carbonyl (C=O) groups is 2. The molecule has 5 nitrogen and oxygen atoms in total. The van der Waals surface area contributed by atoms with E-state index in [0.717, 1.165) is 0 Å². The zero-order valence-electron chi connectivity index (χ0n) is 6.69. The van der Waals surface area contributed by atoms with Gasteiger partial charge >= 0.3 is 0 Å². The molecule has 1 atom stereocenters. The topological polar surface area (TPSA) is 83.6 Å². The van der Waals surface area contributed by atoms with E-state index >= 15 is 0 Å². The molecule has 1 heterocycles. The maximum absolute atomic E-state index is 10.9. The van der Waals surface area contributed by atoms with Crippen molar-refractivity contribution >= 4 is 11.8 Å². The summed E-state index contributed by atoms with van der Waals surface area (Å²) in [7, 11) is 0. The second-order valence-corrected chi connectivity index (χ2v) is 2.77. The number of rotatable bonds is 4. The molecule has 0 aliphatic carbocycles. The van der Waals surface area contributed by atoms with Gasteiger partial charge in [0, 0.05) is 19.6 Å². The number of nitrogens with two attached hydrogens (primary N) is 1. The number of primary amides is 1. The van der Waals surface area contributed by atoms with Gasteiger partial charge in [-0.25, -0.2) is 0 Å². The van der Waals surface area contributed by atoms with Crippen LogP contribution in [-0.2, 0) is 9.59 Å². The van der Waals surface area contributed by atoms with Crippen LogP contribution in [0.2, 0.25) is 0 Å². The first-order valence-electron chi connectivity index (χ1n) is 3.86. The van der Waals surface area contributed by atoms with Gasteiger partial charge in [0.05, 0.1) is 0 Å². The van der Waals surface area contributed by atoms with Crippen molar-refractivity contribution in [1.29, 1.82) is 0 Å². The number of aliphatic hydroxyl groups is 1. The van der Waals surface area contributed by atoms with Gasteiger partial charge < -0.3 is 15.7 Å². The molecule has 1 fully saturated rings. The van der Waals surface area contributed by atoms with Crippen LogP contribution in [0.5, 0.6) is 0 Å². The lowest BCUT2D eigenvalue weighted by Crippen LogP contribution is -2.55. The Balaban J connectivity index is 2.53. The highest BCUT2D eigenvalue weighted by atomic mass is 16.3. The number of amides is 2. The number of aliphatic hydroxyl groups excluding tert-OH is 1. The third kappa shape index (κ3) is 1.55. The fourth-order valence-corrected chi connectivity index (χ4v) is 1.24. The van der Waals surface area contributed by atoms with Crippen molar-refractivity contribution in [3.8, 4) is 0 Å². The van der Waals surface area contributed by atoms with Crippen molar-refractivity contribution in [2.45, 2.75) is 18.9 Å². The molecule has 68 valence electrons. The maximum Gasteiger partial charge on any atom is 0.240 e. The summed E-state index contributed by atoms with van der Waals surface area (Å²) in [6.07, 6.45) is 0.719. The Morgan fingerprint density at radius 3 is 2.67 bits per heavy atom. The molecule has 0 aromatic carbocycles. The summed E-state index contributed by atoms with van der Waals surface area (Å²) in [5, 5.41) is 8.59. The fourth-order valence-electron chi connectivity index (χ4n) is 1.24. The highest BCUT2D eigenvalue weighted by Crippen LogP contribution is 2.15. The minimum absolute atomic E-state index is 0.0627. The lowest BCUT2D eigenvalue weighted by Gasteiger charge is -2.36. The molecule has 2 amide bonds. The van der Waals surface area contributed by atoms with E-state index in [4.69, 9.17) is 10.8 Å². The Morgan fingerprint density at radius 2 is 2.42 bits per heavy atom. The predicted octanol–water partition coefficient (Wildman–Crippen LogP) is -1.54. The first-order valence-corrected chi connectivity index (χ1v) is 3.86. The second-order valence-electron chi connectivity index (χ2n) is 2.77. The summed E-state index contributed by atoms with van der Waals surface area (Å²) in [5.74, 6) is -0.607. The highest BCUT2D eigenvalue weighted by molar-refractivity contribution is 5.89. The standard InChI is InChI=1S/C7H12N2O3/c8-7(12)5(2-4-10)9-3-1-6(9)11/h5,10H,1-4H2,(H2,8,12)/t5-/m1/s1. The molecule has 1 aliphatic rings. The van der Waals surface area contributed by atoms with Crippen molar-refractivity contribution < 1.29 is 14.7 Å². The van der Waals surface area contributed by atoms with Crippen LogP contribution in [0.1, 0.15) is 12.8 Å². The second kappa shape index (κ2) is 3.53. The summed E-state index contributed by atoms with van der Waals surface area (Å²) in [6, 6.07) is -0.615. The minimum Gasteiger partial charge on any atom is -0.396 e. The zero-order chi connectivity index (χ0) is 9.14. The quantitative estimate of drug-likeness (QED) is 0.504. The molecule has 0 radical (unpaired) electrons. The molecule has 3 N–H and O–H groups in total. The smallest absolute Gasteiger partial charge is 0.240 e. The van der Waals surface area contributed by atoms with Gasteiger partial charge in [-0.15, -0.1) is 0 Å². The van der Waals surface area contributed by atoms with E-state index in [1.807, 2.05) is 0 Å². The molecule has 1 rings (SSSR count). The molecule has 1 saturated heterocycles. The van der Waals surface area contributed by atoms with Crippen LogP contribution >= 0.6 is 0 Å². The average molecular weight is 172 g/mol. The molecule has 0 aromatic heterocycles. The predicted molar refractivity (Wildman–Crippen MR) is 41.0 cm³/mol. The Morgan fingerprint density at radius 1 is 1.75 bits per heavy atom. The molecule has 0 unspecified atom stereocenters. The van der Waals surface area contributed by atoms with Crippen LogP contribution < -0.4 is 5.73 Å². The van der Waals surface area contributed by atoms with E-state index in [2.05, 4.69) is 0 Å². The number of likely N-dealkylation sites (tertiary alicyclic amines) is 1. The third-order valence-corrected chi connectivity index (χ3v) is 1.99. The molecule has 12 heavy (non-hydrogen) atoms. The monoisotopic (exact) mass is 172 g/mol. The van der Waals surface area contributed by atoms with Gasteiger partial charge in [-0.05, 0) is 6.42 Å². The van der Waals surface area contributed by atoms with Crippen molar-refractivity contribution in [2.24, 2.45) is 5.73 Å². The third-order valence-electron chi connectivity index (χ3n) is 1.99. The lowest BCUT2D eigenvalue weighted by atomic mass is 10.1. The Labute approximate surface area is 70.1 Å². The summed E-state index contributed by atoms with van der Waals surface area (Å²) < 4.78 is 0. The lowest BCUT2D eigenvalue weighted by molar-refractivity contribution is -0.148. The molecule has 0 aromatic rings. The number of nitrogens with zero attached hydrogens (tertiary/aromatic N) is 1. The number of β-lactam (4-membered cyclic amide) rings is 1. The molecule has 5 heteroatoms. The number of hydrogen-bond donors (Lipinski definition) is 2. The maximum atomic E-state index is 10.9. The van der Waals surface area contributed by atoms with Crippen LogP contribution in [0.3, 0.4) is 0 Å². The SMILES string of the molecule is NC(=O)[C@@H](CCO)N1CCC1=O. The van der Waals surface area contributed by atoms with Gasteiger partial charge in [0.25, 0.3) is 0 Å². The van der Waals surface area contributed by atoms with E-state index in [0.29, 0.717) is 13.0 Å². The van der Waals surface area contributed by atoms with Gasteiger partial charge in [0.1, 0.15) is 6.04 Å². The zero-order valence-corrected chi connectivity index (χ0v) is 6.69. The number of carbonyl (C=O) groups excluding carboxylic acids is 2.